The lowest BCUT2D eigenvalue weighted by Gasteiger charge is -2.16. The van der Waals surface area contributed by atoms with Crippen molar-refractivity contribution in [2.75, 3.05) is 12.4 Å². The summed E-state index contributed by atoms with van der Waals surface area (Å²) < 4.78 is 5.15. The van der Waals surface area contributed by atoms with Crippen LogP contribution in [-0.4, -0.2) is 30.2 Å². The third kappa shape index (κ3) is 6.03. The zero-order valence-corrected chi connectivity index (χ0v) is 16.9. The molecule has 6 heteroatoms. The minimum absolute atomic E-state index is 0.0748. The van der Waals surface area contributed by atoms with Crippen molar-refractivity contribution in [3.63, 3.8) is 0 Å². The molecule has 2 N–H and O–H groups in total. The standard InChI is InChI=1S/C21H26N2O3S/c1-5-14(2)22-21(25)18-8-6-7-9-19(18)23-20(24)15(3)27-17-12-10-16(26-4)11-13-17/h6-15H,5H2,1-4H3,(H,22,25)(H,23,24)/t14-,15-/m1/s1. The monoisotopic (exact) mass is 386 g/mol. The van der Waals surface area contributed by atoms with Gasteiger partial charge >= 0.3 is 0 Å². The Labute approximate surface area is 164 Å². The number of carbonyl (C=O) groups is 2. The Kier molecular flexibility index (Phi) is 7.73. The fourth-order valence-corrected chi connectivity index (χ4v) is 3.21. The van der Waals surface area contributed by atoms with Gasteiger partial charge in [0.15, 0.2) is 0 Å². The van der Waals surface area contributed by atoms with Crippen LogP contribution in [0, 0.1) is 0 Å². The van der Waals surface area contributed by atoms with Crippen LogP contribution >= 0.6 is 11.8 Å². The van der Waals surface area contributed by atoms with Crippen molar-refractivity contribution in [2.45, 2.75) is 43.4 Å². The first-order valence-electron chi connectivity index (χ1n) is 8.96. The summed E-state index contributed by atoms with van der Waals surface area (Å²) in [5.41, 5.74) is 0.985. The van der Waals surface area contributed by atoms with E-state index in [2.05, 4.69) is 10.6 Å². The molecule has 0 unspecified atom stereocenters. The van der Waals surface area contributed by atoms with Gasteiger partial charge in [0.05, 0.1) is 23.6 Å². The summed E-state index contributed by atoms with van der Waals surface area (Å²) in [6.07, 6.45) is 0.843. The first-order valence-corrected chi connectivity index (χ1v) is 9.84. The average Bonchev–Trinajstić information content (AvgIpc) is 2.68. The molecule has 27 heavy (non-hydrogen) atoms. The summed E-state index contributed by atoms with van der Waals surface area (Å²) in [5.74, 6) is 0.438. The second kappa shape index (κ2) is 10.0. The number of methoxy groups -OCH3 is 1. The van der Waals surface area contributed by atoms with E-state index in [0.29, 0.717) is 11.3 Å². The average molecular weight is 387 g/mol. The molecule has 0 spiro atoms. The van der Waals surface area contributed by atoms with Crippen molar-refractivity contribution in [3.05, 3.63) is 54.1 Å². The van der Waals surface area contributed by atoms with E-state index in [4.69, 9.17) is 4.74 Å². The van der Waals surface area contributed by atoms with Crippen molar-refractivity contribution in [3.8, 4) is 5.75 Å². The molecule has 0 bridgehead atoms. The maximum atomic E-state index is 12.6. The second-order valence-corrected chi connectivity index (χ2v) is 7.67. The molecule has 2 rings (SSSR count). The molecule has 144 valence electrons. The molecule has 0 aliphatic rings. The van der Waals surface area contributed by atoms with Crippen LogP contribution in [0.3, 0.4) is 0 Å². The SMILES string of the molecule is CC[C@@H](C)NC(=O)c1ccccc1NC(=O)[C@@H](C)Sc1ccc(OC)cc1. The topological polar surface area (TPSA) is 67.4 Å². The van der Waals surface area contributed by atoms with E-state index in [1.807, 2.05) is 45.0 Å². The molecule has 0 radical (unpaired) electrons. The van der Waals surface area contributed by atoms with Crippen molar-refractivity contribution >= 4 is 29.3 Å². The van der Waals surface area contributed by atoms with E-state index in [-0.39, 0.29) is 23.1 Å². The van der Waals surface area contributed by atoms with Crippen LogP contribution in [0.15, 0.2) is 53.4 Å². The molecule has 0 aliphatic carbocycles. The van der Waals surface area contributed by atoms with Gasteiger partial charge in [0.2, 0.25) is 5.91 Å². The Balaban J connectivity index is 2.04. The van der Waals surface area contributed by atoms with Crippen LogP contribution < -0.4 is 15.4 Å². The van der Waals surface area contributed by atoms with Crippen LogP contribution in [0.4, 0.5) is 5.69 Å². The van der Waals surface area contributed by atoms with E-state index < -0.39 is 0 Å². The number of hydrogen-bond donors (Lipinski definition) is 2. The third-order valence-electron chi connectivity index (χ3n) is 4.16. The van der Waals surface area contributed by atoms with E-state index in [0.717, 1.165) is 17.1 Å². The van der Waals surface area contributed by atoms with Gasteiger partial charge in [0, 0.05) is 10.9 Å². The van der Waals surface area contributed by atoms with Crippen LogP contribution in [0.25, 0.3) is 0 Å². The van der Waals surface area contributed by atoms with Crippen LogP contribution in [0.2, 0.25) is 0 Å². The van der Waals surface area contributed by atoms with Crippen LogP contribution in [0.1, 0.15) is 37.6 Å². The molecule has 0 aliphatic heterocycles. The van der Waals surface area contributed by atoms with E-state index in [9.17, 15) is 9.59 Å². The zero-order valence-electron chi connectivity index (χ0n) is 16.1. The molecule has 0 fully saturated rings. The fourth-order valence-electron chi connectivity index (χ4n) is 2.34. The maximum Gasteiger partial charge on any atom is 0.253 e. The van der Waals surface area contributed by atoms with Crippen LogP contribution in [-0.2, 0) is 4.79 Å². The van der Waals surface area contributed by atoms with E-state index in [1.165, 1.54) is 11.8 Å². The molecule has 0 saturated heterocycles. The second-order valence-electron chi connectivity index (χ2n) is 6.25. The van der Waals surface area contributed by atoms with Crippen molar-refractivity contribution in [1.82, 2.24) is 5.32 Å². The third-order valence-corrected chi connectivity index (χ3v) is 5.27. The summed E-state index contributed by atoms with van der Waals surface area (Å²) in [7, 11) is 1.62. The number of para-hydroxylation sites is 1. The van der Waals surface area contributed by atoms with Crippen LogP contribution in [0.5, 0.6) is 5.75 Å². The van der Waals surface area contributed by atoms with Gasteiger partial charge in [-0.3, -0.25) is 9.59 Å². The van der Waals surface area contributed by atoms with E-state index >= 15 is 0 Å². The smallest absolute Gasteiger partial charge is 0.253 e. The van der Waals surface area contributed by atoms with Gasteiger partial charge in [0.25, 0.3) is 5.91 Å². The number of hydrogen-bond acceptors (Lipinski definition) is 4. The Morgan fingerprint density at radius 1 is 1.07 bits per heavy atom. The van der Waals surface area contributed by atoms with E-state index in [1.54, 1.807) is 31.4 Å². The lowest BCUT2D eigenvalue weighted by Crippen LogP contribution is -2.33. The first kappa shape index (κ1) is 20.8. The van der Waals surface area contributed by atoms with Crippen molar-refractivity contribution in [2.24, 2.45) is 0 Å². The number of anilines is 1. The Morgan fingerprint density at radius 3 is 2.37 bits per heavy atom. The minimum atomic E-state index is -0.316. The summed E-state index contributed by atoms with van der Waals surface area (Å²) in [5, 5.41) is 5.50. The van der Waals surface area contributed by atoms with Gasteiger partial charge < -0.3 is 15.4 Å². The Bertz CT molecular complexity index is 777. The predicted molar refractivity (Wildman–Crippen MR) is 111 cm³/mol. The number of rotatable bonds is 8. The first-order chi connectivity index (χ1) is 12.9. The van der Waals surface area contributed by atoms with Crippen molar-refractivity contribution < 1.29 is 14.3 Å². The summed E-state index contributed by atoms with van der Waals surface area (Å²) in [4.78, 5) is 26.0. The summed E-state index contributed by atoms with van der Waals surface area (Å²) in [6.45, 7) is 5.80. The highest BCUT2D eigenvalue weighted by Crippen LogP contribution is 2.26. The number of benzene rings is 2. The number of thioether (sulfide) groups is 1. The molecule has 2 aromatic rings. The molecule has 0 heterocycles. The zero-order chi connectivity index (χ0) is 19.8. The number of ether oxygens (including phenoxy) is 1. The Hall–Kier alpha value is -2.47. The molecule has 0 saturated carbocycles. The number of nitrogens with one attached hydrogen (secondary N) is 2. The minimum Gasteiger partial charge on any atom is -0.497 e. The summed E-state index contributed by atoms with van der Waals surface area (Å²) >= 11 is 1.45. The molecule has 2 amide bonds. The molecule has 2 aromatic carbocycles. The fraction of sp³-hybridized carbons (Fsp3) is 0.333. The molecule has 5 nitrogen and oxygen atoms in total. The highest BCUT2D eigenvalue weighted by atomic mass is 32.2. The largest absolute Gasteiger partial charge is 0.497 e. The molecular formula is C21H26N2O3S. The van der Waals surface area contributed by atoms with Gasteiger partial charge in [-0.15, -0.1) is 11.8 Å². The molecule has 2 atom stereocenters. The molecule has 0 aromatic heterocycles. The normalized spacial score (nSPS) is 12.7. The van der Waals surface area contributed by atoms with Gasteiger partial charge in [-0.2, -0.15) is 0 Å². The number of carbonyl (C=O) groups excluding carboxylic acids is 2. The lowest BCUT2D eigenvalue weighted by atomic mass is 10.1. The maximum absolute atomic E-state index is 12.6. The van der Waals surface area contributed by atoms with Gasteiger partial charge in [0.1, 0.15) is 5.75 Å². The highest BCUT2D eigenvalue weighted by Gasteiger charge is 2.18. The summed E-state index contributed by atoms with van der Waals surface area (Å²) in [6, 6.07) is 14.7. The highest BCUT2D eigenvalue weighted by molar-refractivity contribution is 8.00. The Morgan fingerprint density at radius 2 is 1.74 bits per heavy atom. The van der Waals surface area contributed by atoms with Gasteiger partial charge in [-0.25, -0.2) is 0 Å². The van der Waals surface area contributed by atoms with Gasteiger partial charge in [-0.1, -0.05) is 19.1 Å². The lowest BCUT2D eigenvalue weighted by molar-refractivity contribution is -0.115. The van der Waals surface area contributed by atoms with Crippen molar-refractivity contribution in [1.29, 1.82) is 0 Å². The van der Waals surface area contributed by atoms with Gasteiger partial charge in [-0.05, 0) is 56.7 Å². The number of amides is 2. The molecular weight excluding hydrogens is 360 g/mol. The predicted octanol–water partition coefficient (Wildman–Crippen LogP) is 4.34. The quantitative estimate of drug-likeness (QED) is 0.662.